The van der Waals surface area contributed by atoms with Gasteiger partial charge in [-0.2, -0.15) is 0 Å². The molecule has 0 amide bonds. The smallest absolute Gasteiger partial charge is 0.178 e. The fourth-order valence-corrected chi connectivity index (χ4v) is 13.1. The molecule has 0 spiro atoms. The number of ether oxygens (including phenoxy) is 1. The fraction of sp³-hybridized carbons (Fsp3) is 0.0488. The van der Waals surface area contributed by atoms with Crippen LogP contribution < -0.4 is 31.0 Å². The summed E-state index contributed by atoms with van der Waals surface area (Å²) in [5.41, 5.74) is 4.93. The van der Waals surface area contributed by atoms with Gasteiger partial charge >= 0.3 is 0 Å². The average Bonchev–Trinajstić information content (AvgIpc) is 3.37. The molecule has 0 fully saturated rings. The number of benzene rings is 6. The number of hydrogen-bond acceptors (Lipinski definition) is 5. The van der Waals surface area contributed by atoms with E-state index in [1.165, 1.54) is 15.9 Å². The summed E-state index contributed by atoms with van der Waals surface area (Å²) in [6, 6.07) is 48.5. The average molecular weight is 656 g/mol. The summed E-state index contributed by atoms with van der Waals surface area (Å²) < 4.78 is 22.7. The van der Waals surface area contributed by atoms with Gasteiger partial charge in [-0.1, -0.05) is 128 Å². The van der Waals surface area contributed by atoms with Gasteiger partial charge in [-0.25, -0.2) is 15.0 Å². The second-order valence-corrected chi connectivity index (χ2v) is 19.8. The Morgan fingerprint density at radius 2 is 1.04 bits per heavy atom. The number of rotatable bonds is 4. The van der Waals surface area contributed by atoms with Gasteiger partial charge in [0.15, 0.2) is 24.6 Å². The van der Waals surface area contributed by atoms with Crippen LogP contribution in [0.5, 0.6) is 11.5 Å². The van der Waals surface area contributed by atoms with Crippen LogP contribution in [0, 0.1) is 0 Å². The van der Waals surface area contributed by atoms with Crippen molar-refractivity contribution in [3.8, 4) is 56.8 Å². The third kappa shape index (κ3) is 4.37. The van der Waals surface area contributed by atoms with E-state index in [1.54, 1.807) is 0 Å². The molecule has 9 rings (SSSR count). The normalized spacial score (nSPS) is 16.6. The summed E-state index contributed by atoms with van der Waals surface area (Å²) in [7, 11) is -5.37. The van der Waals surface area contributed by atoms with Crippen molar-refractivity contribution in [3.05, 3.63) is 146 Å². The highest BCUT2D eigenvalue weighted by atomic mass is 31.2. The second-order valence-electron chi connectivity index (χ2n) is 12.8. The molecule has 0 saturated heterocycles. The first kappa shape index (κ1) is 28.8. The fourth-order valence-electron chi connectivity index (χ4n) is 7.14. The molecule has 7 heteroatoms. The molecule has 5 nitrogen and oxygen atoms in total. The van der Waals surface area contributed by atoms with Crippen molar-refractivity contribution in [3.63, 3.8) is 0 Å². The summed E-state index contributed by atoms with van der Waals surface area (Å²) in [6.45, 7) is 4.76. The number of fused-ring (bicyclic) bond motifs is 5. The van der Waals surface area contributed by atoms with Crippen molar-refractivity contribution in [2.24, 2.45) is 0 Å². The Kier molecular flexibility index (Phi) is 6.48. The van der Waals surface area contributed by atoms with Crippen molar-refractivity contribution in [1.29, 1.82) is 0 Å². The van der Waals surface area contributed by atoms with Gasteiger partial charge in [-0.05, 0) is 51.8 Å². The molecule has 48 heavy (non-hydrogen) atoms. The number of aromatic nitrogens is 3. The van der Waals surface area contributed by atoms with Crippen LogP contribution in [0.2, 0.25) is 13.1 Å². The highest BCUT2D eigenvalue weighted by molar-refractivity contribution is 7.85. The first-order valence-corrected chi connectivity index (χ1v) is 20.8. The molecule has 6 aromatic carbocycles. The molecule has 230 valence electrons. The Morgan fingerprint density at radius 1 is 0.500 bits per heavy atom. The first-order chi connectivity index (χ1) is 23.4. The van der Waals surface area contributed by atoms with Gasteiger partial charge in [0.25, 0.3) is 0 Å². The minimum atomic E-state index is -3.40. The van der Waals surface area contributed by atoms with Gasteiger partial charge in [0.2, 0.25) is 0 Å². The van der Waals surface area contributed by atoms with E-state index in [4.69, 9.17) is 19.7 Å². The predicted octanol–water partition coefficient (Wildman–Crippen LogP) is 7.42. The zero-order valence-electron chi connectivity index (χ0n) is 26.5. The predicted molar refractivity (Wildman–Crippen MR) is 198 cm³/mol. The van der Waals surface area contributed by atoms with Crippen molar-refractivity contribution in [2.45, 2.75) is 13.1 Å². The molecule has 0 N–H and O–H groups in total. The van der Waals surface area contributed by atoms with E-state index in [1.807, 2.05) is 109 Å². The summed E-state index contributed by atoms with van der Waals surface area (Å²) >= 11 is 0. The highest BCUT2D eigenvalue weighted by Crippen LogP contribution is 2.53. The standard InChI is InChI=1S/C41H30N3O2PSi/c1-48(2)37-21-13-12-20-31(37)32-25-36-34(26-38(32)48)46-33-23-22-29(24-35(33)47(36,45)30-18-10-5-11-19-30)41-43-39(27-14-6-3-7-15-27)42-40(44-41)28-16-8-4-9-17-28/h3-26H,1-2H3. The van der Waals surface area contributed by atoms with Crippen molar-refractivity contribution in [1.82, 2.24) is 15.0 Å². The molecule has 1 aromatic heterocycles. The maximum atomic E-state index is 16.0. The molecule has 0 bridgehead atoms. The van der Waals surface area contributed by atoms with E-state index in [-0.39, 0.29) is 0 Å². The van der Waals surface area contributed by atoms with Crippen LogP contribution in [0.15, 0.2) is 146 Å². The monoisotopic (exact) mass is 655 g/mol. The van der Waals surface area contributed by atoms with E-state index >= 15 is 4.57 Å². The van der Waals surface area contributed by atoms with Crippen molar-refractivity contribution in [2.75, 3.05) is 0 Å². The Labute approximate surface area is 280 Å². The van der Waals surface area contributed by atoms with Gasteiger partial charge in [0.05, 0.1) is 10.6 Å². The zero-order chi connectivity index (χ0) is 32.5. The minimum Gasteiger partial charge on any atom is -0.456 e. The summed E-state index contributed by atoms with van der Waals surface area (Å²) in [6.07, 6.45) is 0. The molecule has 2 aliphatic rings. The molecule has 2 aliphatic heterocycles. The molecule has 0 saturated carbocycles. The summed E-state index contributed by atoms with van der Waals surface area (Å²) in [5.74, 6) is 2.92. The lowest BCUT2D eigenvalue weighted by molar-refractivity contribution is 0.486. The van der Waals surface area contributed by atoms with Crippen LogP contribution in [-0.4, -0.2) is 23.0 Å². The topological polar surface area (TPSA) is 65.0 Å². The Morgan fingerprint density at radius 3 is 1.69 bits per heavy atom. The van der Waals surface area contributed by atoms with E-state index in [2.05, 4.69) is 49.5 Å². The lowest BCUT2D eigenvalue weighted by atomic mass is 10.1. The largest absolute Gasteiger partial charge is 0.456 e. The molecule has 3 heterocycles. The van der Waals surface area contributed by atoms with Crippen LogP contribution in [0.25, 0.3) is 45.3 Å². The van der Waals surface area contributed by atoms with Crippen LogP contribution in [0.4, 0.5) is 0 Å². The quantitative estimate of drug-likeness (QED) is 0.146. The zero-order valence-corrected chi connectivity index (χ0v) is 28.4. The Hall–Kier alpha value is -5.42. The summed E-state index contributed by atoms with van der Waals surface area (Å²) in [4.78, 5) is 14.8. The van der Waals surface area contributed by atoms with Crippen molar-refractivity contribution < 1.29 is 9.30 Å². The summed E-state index contributed by atoms with van der Waals surface area (Å²) in [5, 5.41) is 4.85. The van der Waals surface area contributed by atoms with Gasteiger partial charge in [0, 0.05) is 22.0 Å². The molecule has 7 aromatic rings. The van der Waals surface area contributed by atoms with Gasteiger partial charge in [-0.3, -0.25) is 0 Å². The van der Waals surface area contributed by atoms with E-state index < -0.39 is 15.2 Å². The third-order valence-corrected chi connectivity index (χ3v) is 16.2. The van der Waals surface area contributed by atoms with E-state index in [0.717, 1.165) is 32.9 Å². The third-order valence-electron chi connectivity index (χ3n) is 9.60. The van der Waals surface area contributed by atoms with Crippen LogP contribution in [0.1, 0.15) is 0 Å². The highest BCUT2D eigenvalue weighted by Gasteiger charge is 2.44. The maximum Gasteiger partial charge on any atom is 0.178 e. The molecular formula is C41H30N3O2PSi. The lowest BCUT2D eigenvalue weighted by Gasteiger charge is -2.31. The molecule has 1 unspecified atom stereocenters. The van der Waals surface area contributed by atoms with E-state index in [9.17, 15) is 0 Å². The molecule has 1 atom stereocenters. The van der Waals surface area contributed by atoms with E-state index in [0.29, 0.717) is 34.3 Å². The lowest BCUT2D eigenvalue weighted by Crippen LogP contribution is -2.49. The van der Waals surface area contributed by atoms with Gasteiger partial charge in [-0.15, -0.1) is 0 Å². The molecule has 0 aliphatic carbocycles. The Balaban J connectivity index is 1.26. The first-order valence-electron chi connectivity index (χ1n) is 16.1. The molecule has 0 radical (unpaired) electrons. The van der Waals surface area contributed by atoms with Gasteiger partial charge in [0.1, 0.15) is 19.6 Å². The molecular weight excluding hydrogens is 626 g/mol. The SMILES string of the molecule is C[Si]1(C)c2ccccc2-c2cc3c(cc21)Oc1ccc(-c2nc(-c4ccccc4)nc(-c4ccccc4)n2)cc1P3(=O)c1ccccc1. The number of hydrogen-bond donors (Lipinski definition) is 0. The van der Waals surface area contributed by atoms with Crippen LogP contribution >= 0.6 is 7.14 Å². The Bertz CT molecular complexity index is 2380. The number of nitrogens with zero attached hydrogens (tertiary/aromatic N) is 3. The van der Waals surface area contributed by atoms with Crippen LogP contribution in [-0.2, 0) is 4.57 Å². The van der Waals surface area contributed by atoms with Gasteiger partial charge < -0.3 is 9.30 Å². The maximum absolute atomic E-state index is 16.0. The van der Waals surface area contributed by atoms with Crippen molar-refractivity contribution >= 4 is 41.5 Å². The van der Waals surface area contributed by atoms with Crippen LogP contribution in [0.3, 0.4) is 0 Å². The minimum absolute atomic E-state index is 0.506. The second kappa shape index (κ2) is 10.8.